The molecule has 0 bridgehead atoms. The van der Waals surface area contributed by atoms with Gasteiger partial charge in [0.05, 0.1) is 0 Å². The SMILES string of the molecule is Oc1ccc(Cc2ccc(N(c3ccccc3)c3ccc(Cc4ccc(O)cc4)cc3)cc2)cc1. The van der Waals surface area contributed by atoms with Crippen molar-refractivity contribution >= 4 is 17.1 Å². The number of rotatable bonds is 7. The quantitative estimate of drug-likeness (QED) is 0.263. The Kier molecular flexibility index (Phi) is 6.49. The lowest BCUT2D eigenvalue weighted by atomic mass is 10.0. The molecular weight excluding hydrogens is 430 g/mol. The van der Waals surface area contributed by atoms with Crippen molar-refractivity contribution in [2.45, 2.75) is 12.8 Å². The van der Waals surface area contributed by atoms with Crippen molar-refractivity contribution in [2.24, 2.45) is 0 Å². The van der Waals surface area contributed by atoms with Gasteiger partial charge in [-0.05, 0) is 95.8 Å². The fourth-order valence-electron chi connectivity index (χ4n) is 4.25. The van der Waals surface area contributed by atoms with E-state index in [0.717, 1.165) is 29.9 Å². The Morgan fingerprint density at radius 2 is 0.686 bits per heavy atom. The minimum atomic E-state index is 0.289. The van der Waals surface area contributed by atoms with Gasteiger partial charge in [0.1, 0.15) is 11.5 Å². The third kappa shape index (κ3) is 5.53. The summed E-state index contributed by atoms with van der Waals surface area (Å²) in [6.45, 7) is 0. The van der Waals surface area contributed by atoms with Crippen molar-refractivity contribution in [3.05, 3.63) is 150 Å². The molecule has 0 saturated heterocycles. The molecule has 0 radical (unpaired) electrons. The van der Waals surface area contributed by atoms with E-state index >= 15 is 0 Å². The number of phenolic OH excluding ortho intramolecular Hbond substituents is 2. The normalized spacial score (nSPS) is 10.7. The van der Waals surface area contributed by atoms with Gasteiger partial charge in [-0.15, -0.1) is 0 Å². The molecule has 0 aliphatic heterocycles. The summed E-state index contributed by atoms with van der Waals surface area (Å²) in [5.41, 5.74) is 8.06. The number of anilines is 3. The monoisotopic (exact) mass is 457 g/mol. The number of nitrogens with zero attached hydrogens (tertiary/aromatic N) is 1. The predicted molar refractivity (Wildman–Crippen MR) is 143 cm³/mol. The molecule has 0 heterocycles. The summed E-state index contributed by atoms with van der Waals surface area (Å²) in [6.07, 6.45) is 1.63. The van der Waals surface area contributed by atoms with E-state index in [1.165, 1.54) is 22.3 Å². The fourth-order valence-corrected chi connectivity index (χ4v) is 4.25. The first-order valence-corrected chi connectivity index (χ1v) is 11.7. The van der Waals surface area contributed by atoms with E-state index in [2.05, 4.69) is 77.7 Å². The second-order valence-electron chi connectivity index (χ2n) is 8.69. The Hall–Kier alpha value is -4.50. The molecule has 3 nitrogen and oxygen atoms in total. The maximum atomic E-state index is 9.52. The van der Waals surface area contributed by atoms with Gasteiger partial charge in [0.2, 0.25) is 0 Å². The van der Waals surface area contributed by atoms with E-state index in [1.807, 2.05) is 30.3 Å². The molecule has 5 rings (SSSR count). The molecule has 5 aromatic rings. The molecule has 0 spiro atoms. The number of hydrogen-bond donors (Lipinski definition) is 2. The van der Waals surface area contributed by atoms with Crippen molar-refractivity contribution in [1.29, 1.82) is 0 Å². The molecule has 0 saturated carbocycles. The number of phenols is 2. The Balaban J connectivity index is 1.40. The second-order valence-corrected chi connectivity index (χ2v) is 8.69. The van der Waals surface area contributed by atoms with E-state index < -0.39 is 0 Å². The Morgan fingerprint density at radius 1 is 0.371 bits per heavy atom. The van der Waals surface area contributed by atoms with E-state index in [0.29, 0.717) is 0 Å². The third-order valence-electron chi connectivity index (χ3n) is 6.09. The van der Waals surface area contributed by atoms with Crippen LogP contribution in [-0.2, 0) is 12.8 Å². The average molecular weight is 458 g/mol. The van der Waals surface area contributed by atoms with Gasteiger partial charge in [0.15, 0.2) is 0 Å². The highest BCUT2D eigenvalue weighted by Gasteiger charge is 2.12. The van der Waals surface area contributed by atoms with Gasteiger partial charge in [-0.2, -0.15) is 0 Å². The summed E-state index contributed by atoms with van der Waals surface area (Å²) in [4.78, 5) is 2.26. The maximum absolute atomic E-state index is 9.52. The van der Waals surface area contributed by atoms with Crippen molar-refractivity contribution in [2.75, 3.05) is 4.90 Å². The summed E-state index contributed by atoms with van der Waals surface area (Å²) in [7, 11) is 0. The minimum absolute atomic E-state index is 0.289. The Morgan fingerprint density at radius 3 is 1.06 bits per heavy atom. The van der Waals surface area contributed by atoms with Gasteiger partial charge in [0, 0.05) is 17.1 Å². The van der Waals surface area contributed by atoms with Gasteiger partial charge in [0.25, 0.3) is 0 Å². The summed E-state index contributed by atoms with van der Waals surface area (Å²) in [5.74, 6) is 0.577. The molecule has 0 unspecified atom stereocenters. The lowest BCUT2D eigenvalue weighted by Crippen LogP contribution is -2.10. The summed E-state index contributed by atoms with van der Waals surface area (Å²) in [6, 6.07) is 42.4. The van der Waals surface area contributed by atoms with Crippen LogP contribution in [0.5, 0.6) is 11.5 Å². The first kappa shape index (κ1) is 22.3. The van der Waals surface area contributed by atoms with Crippen LogP contribution >= 0.6 is 0 Å². The average Bonchev–Trinajstić information content (AvgIpc) is 2.90. The van der Waals surface area contributed by atoms with Gasteiger partial charge < -0.3 is 15.1 Å². The number of benzene rings is 5. The van der Waals surface area contributed by atoms with Crippen LogP contribution in [0.3, 0.4) is 0 Å². The second kappa shape index (κ2) is 10.2. The zero-order chi connectivity index (χ0) is 24.0. The molecule has 0 aromatic heterocycles. The van der Waals surface area contributed by atoms with Gasteiger partial charge in [-0.3, -0.25) is 0 Å². The first-order valence-electron chi connectivity index (χ1n) is 11.7. The predicted octanol–water partition coefficient (Wildman–Crippen LogP) is 7.75. The molecule has 0 fully saturated rings. The van der Waals surface area contributed by atoms with Crippen LogP contribution in [0, 0.1) is 0 Å². The Bertz CT molecular complexity index is 1270. The zero-order valence-electron chi connectivity index (χ0n) is 19.4. The lowest BCUT2D eigenvalue weighted by molar-refractivity contribution is 0.474. The summed E-state index contributed by atoms with van der Waals surface area (Å²) >= 11 is 0. The van der Waals surface area contributed by atoms with Gasteiger partial charge in [-0.1, -0.05) is 66.7 Å². The third-order valence-corrected chi connectivity index (χ3v) is 6.09. The van der Waals surface area contributed by atoms with Crippen LogP contribution in [0.1, 0.15) is 22.3 Å². The Labute approximate surface area is 206 Å². The standard InChI is InChI=1S/C32H27NO2/c34-31-18-10-26(11-19-31)22-24-6-14-29(15-7-24)33(28-4-2-1-3-5-28)30-16-8-25(9-17-30)23-27-12-20-32(35)21-13-27/h1-21,34-35H,22-23H2. The molecule has 2 N–H and O–H groups in total. The van der Waals surface area contributed by atoms with Crippen LogP contribution in [0.4, 0.5) is 17.1 Å². The maximum Gasteiger partial charge on any atom is 0.115 e. The van der Waals surface area contributed by atoms with E-state index in [1.54, 1.807) is 24.3 Å². The molecule has 0 aliphatic carbocycles. The van der Waals surface area contributed by atoms with Crippen molar-refractivity contribution in [3.8, 4) is 11.5 Å². The summed E-state index contributed by atoms with van der Waals surface area (Å²) < 4.78 is 0. The van der Waals surface area contributed by atoms with Crippen molar-refractivity contribution in [1.82, 2.24) is 0 Å². The largest absolute Gasteiger partial charge is 0.508 e. The highest BCUT2D eigenvalue weighted by Crippen LogP contribution is 2.35. The number of para-hydroxylation sites is 1. The van der Waals surface area contributed by atoms with Gasteiger partial charge in [-0.25, -0.2) is 0 Å². The topological polar surface area (TPSA) is 43.7 Å². The van der Waals surface area contributed by atoms with Crippen LogP contribution in [0.2, 0.25) is 0 Å². The minimum Gasteiger partial charge on any atom is -0.508 e. The van der Waals surface area contributed by atoms with E-state index in [9.17, 15) is 10.2 Å². The molecule has 5 aromatic carbocycles. The zero-order valence-corrected chi connectivity index (χ0v) is 19.4. The van der Waals surface area contributed by atoms with E-state index in [4.69, 9.17) is 0 Å². The molecule has 0 amide bonds. The van der Waals surface area contributed by atoms with Crippen LogP contribution in [0.25, 0.3) is 0 Å². The van der Waals surface area contributed by atoms with Crippen LogP contribution in [-0.4, -0.2) is 10.2 Å². The molecule has 172 valence electrons. The smallest absolute Gasteiger partial charge is 0.115 e. The molecule has 35 heavy (non-hydrogen) atoms. The van der Waals surface area contributed by atoms with Crippen LogP contribution in [0.15, 0.2) is 127 Å². The molecule has 3 heteroatoms. The lowest BCUT2D eigenvalue weighted by Gasteiger charge is -2.26. The molecule has 0 aliphatic rings. The molecular formula is C32H27NO2. The fraction of sp³-hybridized carbons (Fsp3) is 0.0625. The van der Waals surface area contributed by atoms with Gasteiger partial charge >= 0.3 is 0 Å². The van der Waals surface area contributed by atoms with Crippen LogP contribution < -0.4 is 4.90 Å². The summed E-state index contributed by atoms with van der Waals surface area (Å²) in [5, 5.41) is 19.0. The first-order chi connectivity index (χ1) is 17.1. The number of aromatic hydroxyl groups is 2. The highest BCUT2D eigenvalue weighted by molar-refractivity contribution is 5.76. The van der Waals surface area contributed by atoms with E-state index in [-0.39, 0.29) is 11.5 Å². The highest BCUT2D eigenvalue weighted by atomic mass is 16.3. The van der Waals surface area contributed by atoms with Crippen molar-refractivity contribution in [3.63, 3.8) is 0 Å². The van der Waals surface area contributed by atoms with Crippen molar-refractivity contribution < 1.29 is 10.2 Å². The molecule has 0 atom stereocenters. The number of hydrogen-bond acceptors (Lipinski definition) is 3.